The van der Waals surface area contributed by atoms with Gasteiger partial charge in [0.25, 0.3) is 0 Å². The summed E-state index contributed by atoms with van der Waals surface area (Å²) in [6.07, 6.45) is 8.67. The predicted molar refractivity (Wildman–Crippen MR) is 86.2 cm³/mol. The van der Waals surface area contributed by atoms with Crippen LogP contribution in [0.25, 0.3) is 5.69 Å². The molecule has 4 rings (SSSR count). The maximum atomic E-state index is 13.2. The zero-order valence-electron chi connectivity index (χ0n) is 12.8. The van der Waals surface area contributed by atoms with Crippen molar-refractivity contribution in [2.24, 2.45) is 0 Å². The van der Waals surface area contributed by atoms with Crippen LogP contribution >= 0.6 is 0 Å². The van der Waals surface area contributed by atoms with E-state index in [2.05, 4.69) is 5.32 Å². The van der Waals surface area contributed by atoms with Crippen molar-refractivity contribution in [3.8, 4) is 5.69 Å². The van der Waals surface area contributed by atoms with Crippen LogP contribution in [0.2, 0.25) is 0 Å². The molecule has 0 amide bonds. The number of hydrogen-bond donors (Lipinski definition) is 1. The molecule has 1 fully saturated rings. The smallest absolute Gasteiger partial charge is 0.133 e. The zero-order chi connectivity index (χ0) is 14.9. The van der Waals surface area contributed by atoms with Crippen LogP contribution in [0, 0.1) is 5.82 Å². The van der Waals surface area contributed by atoms with Crippen molar-refractivity contribution >= 4 is 5.82 Å². The number of benzene rings is 1. The average Bonchev–Trinajstić information content (AvgIpc) is 3.10. The molecule has 22 heavy (non-hydrogen) atoms. The van der Waals surface area contributed by atoms with Gasteiger partial charge in [-0.15, -0.1) is 0 Å². The Morgan fingerprint density at radius 1 is 1.05 bits per heavy atom. The number of nitrogens with zero attached hydrogens (tertiary/aromatic N) is 2. The Morgan fingerprint density at radius 3 is 2.59 bits per heavy atom. The van der Waals surface area contributed by atoms with Crippen LogP contribution in [0.4, 0.5) is 10.2 Å². The molecule has 0 atom stereocenters. The largest absolute Gasteiger partial charge is 0.370 e. The van der Waals surface area contributed by atoms with Gasteiger partial charge < -0.3 is 5.32 Å². The van der Waals surface area contributed by atoms with Gasteiger partial charge in [-0.25, -0.2) is 9.07 Å². The first kappa shape index (κ1) is 13.8. The molecule has 0 bridgehead atoms. The number of rotatable bonds is 2. The molecule has 2 aromatic rings. The van der Waals surface area contributed by atoms with E-state index in [4.69, 9.17) is 5.10 Å². The highest BCUT2D eigenvalue weighted by atomic mass is 19.1. The number of fused-ring (bicyclic) bond motifs is 1. The van der Waals surface area contributed by atoms with Gasteiger partial charge in [0.2, 0.25) is 0 Å². The minimum Gasteiger partial charge on any atom is -0.370 e. The Labute approximate surface area is 130 Å². The summed E-state index contributed by atoms with van der Waals surface area (Å²) in [5.41, 5.74) is 3.62. The van der Waals surface area contributed by atoms with E-state index in [1.54, 1.807) is 0 Å². The van der Waals surface area contributed by atoms with Crippen molar-refractivity contribution in [3.63, 3.8) is 0 Å². The molecule has 4 heteroatoms. The molecule has 1 aliphatic carbocycles. The van der Waals surface area contributed by atoms with Crippen LogP contribution in [-0.2, 0) is 6.42 Å². The normalized spacial score (nSPS) is 18.8. The molecule has 0 saturated heterocycles. The standard InChI is InChI=1S/C18H22FN3/c19-14-8-10-15(11-9-14)22-18-16(7-3-4-12-20-18)17(21-22)13-5-1-2-6-13/h8-11,13,20H,1-7,12H2. The maximum absolute atomic E-state index is 13.2. The second-order valence-corrected chi connectivity index (χ2v) is 6.47. The summed E-state index contributed by atoms with van der Waals surface area (Å²) in [7, 11) is 0. The first-order chi connectivity index (χ1) is 10.8. The van der Waals surface area contributed by atoms with Gasteiger partial charge in [-0.3, -0.25) is 0 Å². The van der Waals surface area contributed by atoms with Gasteiger partial charge in [0, 0.05) is 18.0 Å². The first-order valence-corrected chi connectivity index (χ1v) is 8.44. The highest BCUT2D eigenvalue weighted by Crippen LogP contribution is 2.39. The molecule has 1 aromatic carbocycles. The summed E-state index contributed by atoms with van der Waals surface area (Å²) < 4.78 is 15.2. The molecule has 116 valence electrons. The van der Waals surface area contributed by atoms with Gasteiger partial charge in [0.15, 0.2) is 0 Å². The summed E-state index contributed by atoms with van der Waals surface area (Å²) in [6.45, 7) is 0.990. The third kappa shape index (κ3) is 2.40. The molecule has 0 spiro atoms. The molecule has 1 saturated carbocycles. The van der Waals surface area contributed by atoms with Crippen molar-refractivity contribution in [1.82, 2.24) is 9.78 Å². The van der Waals surface area contributed by atoms with E-state index in [1.165, 1.54) is 61.9 Å². The van der Waals surface area contributed by atoms with Gasteiger partial charge >= 0.3 is 0 Å². The molecule has 0 unspecified atom stereocenters. The molecule has 2 aliphatic rings. The summed E-state index contributed by atoms with van der Waals surface area (Å²) in [6, 6.07) is 6.64. The quantitative estimate of drug-likeness (QED) is 0.889. The fourth-order valence-corrected chi connectivity index (χ4v) is 3.83. The molecule has 3 nitrogen and oxygen atoms in total. The minimum atomic E-state index is -0.203. The van der Waals surface area contributed by atoms with Crippen molar-refractivity contribution < 1.29 is 4.39 Å². The van der Waals surface area contributed by atoms with Crippen LogP contribution in [-0.4, -0.2) is 16.3 Å². The van der Waals surface area contributed by atoms with Crippen LogP contribution in [0.15, 0.2) is 24.3 Å². The topological polar surface area (TPSA) is 29.9 Å². The van der Waals surface area contributed by atoms with Gasteiger partial charge in [-0.1, -0.05) is 12.8 Å². The number of hydrogen-bond acceptors (Lipinski definition) is 2. The lowest BCUT2D eigenvalue weighted by molar-refractivity contribution is 0.626. The third-order valence-electron chi connectivity index (χ3n) is 4.97. The van der Waals surface area contributed by atoms with Crippen LogP contribution in [0.3, 0.4) is 0 Å². The molecule has 1 aliphatic heterocycles. The van der Waals surface area contributed by atoms with E-state index in [9.17, 15) is 4.39 Å². The second-order valence-electron chi connectivity index (χ2n) is 6.47. The van der Waals surface area contributed by atoms with Gasteiger partial charge in [-0.05, 0) is 56.4 Å². The first-order valence-electron chi connectivity index (χ1n) is 8.44. The van der Waals surface area contributed by atoms with E-state index in [1.807, 2.05) is 16.8 Å². The van der Waals surface area contributed by atoms with E-state index >= 15 is 0 Å². The molecule has 1 aromatic heterocycles. The summed E-state index contributed by atoms with van der Waals surface area (Å²) in [5.74, 6) is 1.53. The SMILES string of the molecule is Fc1ccc(-n2nc(C3CCCC3)c3c2NCCCC3)cc1. The van der Waals surface area contributed by atoms with Crippen LogP contribution in [0.1, 0.15) is 55.7 Å². The minimum absolute atomic E-state index is 0.203. The third-order valence-corrected chi connectivity index (χ3v) is 4.97. The molecule has 1 N–H and O–H groups in total. The van der Waals surface area contributed by atoms with Crippen molar-refractivity contribution in [1.29, 1.82) is 0 Å². The van der Waals surface area contributed by atoms with E-state index < -0.39 is 0 Å². The fraction of sp³-hybridized carbons (Fsp3) is 0.500. The Morgan fingerprint density at radius 2 is 1.82 bits per heavy atom. The lowest BCUT2D eigenvalue weighted by Gasteiger charge is -2.09. The summed E-state index contributed by atoms with van der Waals surface area (Å²) in [5, 5.41) is 8.50. The molecular formula is C18H22FN3. The van der Waals surface area contributed by atoms with Gasteiger partial charge in [0.1, 0.15) is 11.6 Å². The molecular weight excluding hydrogens is 277 g/mol. The summed E-state index contributed by atoms with van der Waals surface area (Å²) >= 11 is 0. The highest BCUT2D eigenvalue weighted by molar-refractivity contribution is 5.55. The Balaban J connectivity index is 1.81. The lowest BCUT2D eigenvalue weighted by Crippen LogP contribution is -2.07. The average molecular weight is 299 g/mol. The summed E-state index contributed by atoms with van der Waals surface area (Å²) in [4.78, 5) is 0. The van der Waals surface area contributed by atoms with Crippen LogP contribution in [0.5, 0.6) is 0 Å². The zero-order valence-corrected chi connectivity index (χ0v) is 12.8. The van der Waals surface area contributed by atoms with Crippen molar-refractivity contribution in [2.75, 3.05) is 11.9 Å². The number of halogens is 1. The van der Waals surface area contributed by atoms with E-state index in [0.29, 0.717) is 5.92 Å². The Bertz CT molecular complexity index is 654. The monoisotopic (exact) mass is 299 g/mol. The van der Waals surface area contributed by atoms with Gasteiger partial charge in [0.05, 0.1) is 11.4 Å². The van der Waals surface area contributed by atoms with Crippen molar-refractivity contribution in [3.05, 3.63) is 41.3 Å². The van der Waals surface area contributed by atoms with E-state index in [-0.39, 0.29) is 5.82 Å². The van der Waals surface area contributed by atoms with Crippen LogP contribution < -0.4 is 5.32 Å². The van der Waals surface area contributed by atoms with Gasteiger partial charge in [-0.2, -0.15) is 5.10 Å². The predicted octanol–water partition coefficient (Wildman–Crippen LogP) is 4.42. The number of aromatic nitrogens is 2. The second kappa shape index (κ2) is 5.75. The highest BCUT2D eigenvalue weighted by Gasteiger charge is 2.27. The lowest BCUT2D eigenvalue weighted by atomic mass is 9.97. The van der Waals surface area contributed by atoms with E-state index in [0.717, 1.165) is 24.5 Å². The molecule has 0 radical (unpaired) electrons. The Kier molecular flexibility index (Phi) is 3.60. The maximum Gasteiger partial charge on any atom is 0.133 e. The fourth-order valence-electron chi connectivity index (χ4n) is 3.83. The number of nitrogens with one attached hydrogen (secondary N) is 1. The molecule has 2 heterocycles. The number of anilines is 1. The van der Waals surface area contributed by atoms with Crippen molar-refractivity contribution in [2.45, 2.75) is 50.9 Å². The Hall–Kier alpha value is -1.84.